The number of aromatic nitrogens is 2. The minimum Gasteiger partial charge on any atom is -0.494 e. The molecule has 2 aromatic rings. The Balaban J connectivity index is 2.38. The van der Waals surface area contributed by atoms with Crippen molar-refractivity contribution in [1.29, 1.82) is 0 Å². The van der Waals surface area contributed by atoms with Crippen molar-refractivity contribution in [3.05, 3.63) is 30.0 Å². The second-order valence-electron chi connectivity index (χ2n) is 3.61. The lowest BCUT2D eigenvalue weighted by Crippen LogP contribution is -1.94. The van der Waals surface area contributed by atoms with Gasteiger partial charge in [-0.2, -0.15) is 5.10 Å². The zero-order valence-corrected chi connectivity index (χ0v) is 9.45. The Morgan fingerprint density at radius 2 is 2.25 bits per heavy atom. The van der Waals surface area contributed by atoms with Gasteiger partial charge in [-0.1, -0.05) is 6.07 Å². The van der Waals surface area contributed by atoms with Gasteiger partial charge >= 0.3 is 0 Å². The van der Waals surface area contributed by atoms with Crippen LogP contribution in [-0.4, -0.2) is 16.8 Å². The van der Waals surface area contributed by atoms with Gasteiger partial charge < -0.3 is 10.5 Å². The molecule has 1 heterocycles. The molecule has 1 aromatic heterocycles. The van der Waals surface area contributed by atoms with Gasteiger partial charge in [0.1, 0.15) is 11.6 Å². The van der Waals surface area contributed by atoms with E-state index in [4.69, 9.17) is 10.5 Å². The monoisotopic (exact) mass is 217 g/mol. The summed E-state index contributed by atoms with van der Waals surface area (Å²) in [5.74, 6) is 1.50. The first kappa shape index (κ1) is 10.5. The number of ether oxygens (including phenoxy) is 1. The highest BCUT2D eigenvalue weighted by molar-refractivity contribution is 5.74. The van der Waals surface area contributed by atoms with Crippen LogP contribution in [0.4, 0.5) is 5.82 Å². The van der Waals surface area contributed by atoms with Crippen LogP contribution in [0.15, 0.2) is 24.4 Å². The van der Waals surface area contributed by atoms with Gasteiger partial charge in [-0.25, -0.2) is 0 Å². The Hall–Kier alpha value is -1.97. The summed E-state index contributed by atoms with van der Waals surface area (Å²) < 4.78 is 5.48. The molecule has 0 aliphatic carbocycles. The van der Waals surface area contributed by atoms with Crippen molar-refractivity contribution < 1.29 is 4.74 Å². The van der Waals surface area contributed by atoms with E-state index >= 15 is 0 Å². The summed E-state index contributed by atoms with van der Waals surface area (Å²) in [5.41, 5.74) is 8.84. The van der Waals surface area contributed by atoms with E-state index in [2.05, 4.69) is 10.2 Å². The van der Waals surface area contributed by atoms with Crippen LogP contribution >= 0.6 is 0 Å². The van der Waals surface area contributed by atoms with Crippen LogP contribution in [0, 0.1) is 6.92 Å². The molecular weight excluding hydrogens is 202 g/mol. The molecule has 0 saturated carbocycles. The molecule has 4 heteroatoms. The van der Waals surface area contributed by atoms with Crippen LogP contribution in [0.2, 0.25) is 0 Å². The summed E-state index contributed by atoms with van der Waals surface area (Å²) in [6.45, 7) is 4.67. The van der Waals surface area contributed by atoms with Crippen LogP contribution < -0.4 is 10.5 Å². The van der Waals surface area contributed by atoms with E-state index in [0.717, 1.165) is 22.4 Å². The number of nitrogens with zero attached hydrogens (tertiary/aromatic N) is 1. The Labute approximate surface area is 94.4 Å². The Kier molecular flexibility index (Phi) is 2.81. The van der Waals surface area contributed by atoms with Crippen LogP contribution in [-0.2, 0) is 0 Å². The number of H-pyrrole nitrogens is 1. The highest BCUT2D eigenvalue weighted by Gasteiger charge is 2.06. The molecule has 16 heavy (non-hydrogen) atoms. The van der Waals surface area contributed by atoms with Gasteiger partial charge in [0.15, 0.2) is 0 Å². The van der Waals surface area contributed by atoms with E-state index in [-0.39, 0.29) is 0 Å². The Morgan fingerprint density at radius 1 is 1.44 bits per heavy atom. The maximum absolute atomic E-state index is 5.77. The van der Waals surface area contributed by atoms with Gasteiger partial charge in [0, 0.05) is 5.56 Å². The zero-order chi connectivity index (χ0) is 11.5. The number of nitrogen functional groups attached to an aromatic ring is 1. The molecule has 0 amide bonds. The van der Waals surface area contributed by atoms with E-state index in [1.807, 2.05) is 32.0 Å². The van der Waals surface area contributed by atoms with Crippen molar-refractivity contribution in [1.82, 2.24) is 10.2 Å². The minimum atomic E-state index is 0.587. The number of aryl methyl sites for hydroxylation is 1. The van der Waals surface area contributed by atoms with Crippen molar-refractivity contribution >= 4 is 5.82 Å². The molecule has 3 N–H and O–H groups in total. The smallest absolute Gasteiger partial charge is 0.126 e. The summed E-state index contributed by atoms with van der Waals surface area (Å²) in [4.78, 5) is 0. The van der Waals surface area contributed by atoms with E-state index in [1.54, 1.807) is 6.20 Å². The third-order valence-corrected chi connectivity index (χ3v) is 2.45. The van der Waals surface area contributed by atoms with Gasteiger partial charge in [0.25, 0.3) is 0 Å². The van der Waals surface area contributed by atoms with Crippen molar-refractivity contribution in [2.45, 2.75) is 13.8 Å². The molecule has 1 aromatic carbocycles. The molecule has 84 valence electrons. The van der Waals surface area contributed by atoms with Gasteiger partial charge in [-0.15, -0.1) is 0 Å². The molecule has 0 saturated heterocycles. The second-order valence-corrected chi connectivity index (χ2v) is 3.61. The number of nitrogens with two attached hydrogens (primary N) is 1. The first-order valence-electron chi connectivity index (χ1n) is 5.25. The number of benzene rings is 1. The quantitative estimate of drug-likeness (QED) is 0.829. The minimum absolute atomic E-state index is 0.587. The Morgan fingerprint density at radius 3 is 2.81 bits per heavy atom. The maximum atomic E-state index is 5.77. The molecule has 0 unspecified atom stereocenters. The lowest BCUT2D eigenvalue weighted by atomic mass is 10.1. The summed E-state index contributed by atoms with van der Waals surface area (Å²) in [6, 6.07) is 5.99. The number of aromatic amines is 1. The SMILES string of the molecule is CCOc1ccc(-c2cn[nH]c2N)cc1C. The molecular formula is C12H15N3O. The summed E-state index contributed by atoms with van der Waals surface area (Å²) in [6.07, 6.45) is 1.73. The fourth-order valence-corrected chi connectivity index (χ4v) is 1.66. The normalized spacial score (nSPS) is 10.4. The van der Waals surface area contributed by atoms with Gasteiger partial charge in [0.2, 0.25) is 0 Å². The van der Waals surface area contributed by atoms with Gasteiger partial charge in [-0.3, -0.25) is 5.10 Å². The predicted molar refractivity (Wildman–Crippen MR) is 64.3 cm³/mol. The second kappa shape index (κ2) is 4.26. The molecule has 0 atom stereocenters. The Bertz CT molecular complexity index is 491. The molecule has 0 fully saturated rings. The topological polar surface area (TPSA) is 63.9 Å². The summed E-state index contributed by atoms with van der Waals surface area (Å²) in [5, 5.41) is 6.63. The summed E-state index contributed by atoms with van der Waals surface area (Å²) >= 11 is 0. The predicted octanol–water partition coefficient (Wildman–Crippen LogP) is 2.37. The molecule has 0 bridgehead atoms. The third kappa shape index (κ3) is 1.86. The van der Waals surface area contributed by atoms with Crippen LogP contribution in [0.25, 0.3) is 11.1 Å². The molecule has 4 nitrogen and oxygen atoms in total. The van der Waals surface area contributed by atoms with Crippen LogP contribution in [0.1, 0.15) is 12.5 Å². The van der Waals surface area contributed by atoms with Crippen molar-refractivity contribution in [2.75, 3.05) is 12.3 Å². The lowest BCUT2D eigenvalue weighted by molar-refractivity contribution is 0.338. The van der Waals surface area contributed by atoms with Crippen molar-refractivity contribution in [3.8, 4) is 16.9 Å². The highest BCUT2D eigenvalue weighted by atomic mass is 16.5. The largest absolute Gasteiger partial charge is 0.494 e. The van der Waals surface area contributed by atoms with Gasteiger partial charge in [0.05, 0.1) is 12.8 Å². The van der Waals surface area contributed by atoms with Crippen molar-refractivity contribution in [3.63, 3.8) is 0 Å². The van der Waals surface area contributed by atoms with E-state index in [0.29, 0.717) is 12.4 Å². The molecule has 0 radical (unpaired) electrons. The average molecular weight is 217 g/mol. The van der Waals surface area contributed by atoms with E-state index in [1.165, 1.54) is 0 Å². The molecule has 2 rings (SSSR count). The number of hydrogen-bond donors (Lipinski definition) is 2. The number of hydrogen-bond acceptors (Lipinski definition) is 3. The lowest BCUT2D eigenvalue weighted by Gasteiger charge is -2.08. The zero-order valence-electron chi connectivity index (χ0n) is 9.45. The molecule has 0 aliphatic heterocycles. The first-order chi connectivity index (χ1) is 7.72. The average Bonchev–Trinajstić information content (AvgIpc) is 2.68. The number of nitrogens with one attached hydrogen (secondary N) is 1. The van der Waals surface area contributed by atoms with E-state index in [9.17, 15) is 0 Å². The fourth-order valence-electron chi connectivity index (χ4n) is 1.66. The number of anilines is 1. The first-order valence-corrected chi connectivity index (χ1v) is 5.25. The third-order valence-electron chi connectivity index (χ3n) is 2.45. The van der Waals surface area contributed by atoms with Crippen LogP contribution in [0.3, 0.4) is 0 Å². The fraction of sp³-hybridized carbons (Fsp3) is 0.250. The van der Waals surface area contributed by atoms with Crippen LogP contribution in [0.5, 0.6) is 5.75 Å². The van der Waals surface area contributed by atoms with E-state index < -0.39 is 0 Å². The molecule has 0 aliphatic rings. The van der Waals surface area contributed by atoms with Crippen molar-refractivity contribution in [2.24, 2.45) is 0 Å². The molecule has 0 spiro atoms. The van der Waals surface area contributed by atoms with Gasteiger partial charge in [-0.05, 0) is 37.1 Å². The summed E-state index contributed by atoms with van der Waals surface area (Å²) in [7, 11) is 0. The maximum Gasteiger partial charge on any atom is 0.126 e. The highest BCUT2D eigenvalue weighted by Crippen LogP contribution is 2.28. The standard InChI is InChI=1S/C12H15N3O/c1-3-16-11-5-4-9(6-8(11)2)10-7-14-15-12(10)13/h4-7H,3H2,1-2H3,(H3,13,14,15). The number of rotatable bonds is 3.